The number of nitrogens with one attached hydrogen (secondary N) is 1. The summed E-state index contributed by atoms with van der Waals surface area (Å²) in [6.07, 6.45) is 2.92. The molecule has 1 amide bonds. The molecule has 0 unspecified atom stereocenters. The third kappa shape index (κ3) is 6.94. The summed E-state index contributed by atoms with van der Waals surface area (Å²) < 4.78 is 11.9. The van der Waals surface area contributed by atoms with E-state index in [9.17, 15) is 9.90 Å². The molecule has 166 valence electrons. The Morgan fingerprint density at radius 1 is 1.06 bits per heavy atom. The molecule has 2 atom stereocenters. The molecule has 1 aliphatic rings. The Labute approximate surface area is 185 Å². The lowest BCUT2D eigenvalue weighted by Gasteiger charge is -2.36. The van der Waals surface area contributed by atoms with Gasteiger partial charge in [-0.2, -0.15) is 0 Å². The summed E-state index contributed by atoms with van der Waals surface area (Å²) in [6, 6.07) is 17.7. The van der Waals surface area contributed by atoms with Crippen molar-refractivity contribution in [1.29, 1.82) is 0 Å². The maximum Gasteiger partial charge on any atom is 0.286 e. The van der Waals surface area contributed by atoms with Gasteiger partial charge in [0.05, 0.1) is 13.2 Å². The molecule has 1 heterocycles. The second-order valence-corrected chi connectivity index (χ2v) is 9.06. The number of rotatable bonds is 8. The second kappa shape index (κ2) is 10.6. The van der Waals surface area contributed by atoms with Crippen molar-refractivity contribution in [3.63, 3.8) is 0 Å². The molecule has 0 aromatic heterocycles. The van der Waals surface area contributed by atoms with E-state index in [4.69, 9.17) is 9.47 Å². The highest BCUT2D eigenvalue weighted by Crippen LogP contribution is 2.36. The van der Waals surface area contributed by atoms with E-state index in [1.807, 2.05) is 48.5 Å². The molecule has 0 bridgehead atoms. The van der Waals surface area contributed by atoms with Crippen LogP contribution in [0.1, 0.15) is 43.9 Å². The third-order valence-electron chi connectivity index (χ3n) is 5.58. The summed E-state index contributed by atoms with van der Waals surface area (Å²) in [4.78, 5) is 12.8. The Kier molecular flexibility index (Phi) is 7.88. The highest BCUT2D eigenvalue weighted by molar-refractivity contribution is 5.91. The Morgan fingerprint density at radius 3 is 2.39 bits per heavy atom. The summed E-state index contributed by atoms with van der Waals surface area (Å²) in [5.41, 5.74) is 3.03. The summed E-state index contributed by atoms with van der Waals surface area (Å²) in [6.45, 7) is 7.44. The first-order valence-electron chi connectivity index (χ1n) is 10.9. The Morgan fingerprint density at radius 2 is 1.74 bits per heavy atom. The van der Waals surface area contributed by atoms with Crippen LogP contribution in [0.3, 0.4) is 0 Å². The van der Waals surface area contributed by atoms with Crippen LogP contribution < -0.4 is 5.32 Å². The zero-order chi connectivity index (χ0) is 22.3. The van der Waals surface area contributed by atoms with Gasteiger partial charge in [-0.3, -0.25) is 4.79 Å². The van der Waals surface area contributed by atoms with Crippen molar-refractivity contribution in [3.8, 4) is 0 Å². The summed E-state index contributed by atoms with van der Waals surface area (Å²) in [5.74, 6) is 0.295. The SMILES string of the molecule is CC(C)(C)[C@H]1C=C(C(=O)NCCc2ccccc2)O[C@@H](OCc2ccc(CO)cc2)C1. The minimum absolute atomic E-state index is 0.0102. The van der Waals surface area contributed by atoms with Gasteiger partial charge in [0.15, 0.2) is 5.76 Å². The van der Waals surface area contributed by atoms with Crippen molar-refractivity contribution >= 4 is 5.91 Å². The van der Waals surface area contributed by atoms with Crippen LogP contribution in [0.2, 0.25) is 0 Å². The molecule has 0 spiro atoms. The lowest BCUT2D eigenvalue weighted by Crippen LogP contribution is -2.36. The van der Waals surface area contributed by atoms with Gasteiger partial charge in [0.1, 0.15) is 0 Å². The Hall–Kier alpha value is -2.63. The van der Waals surface area contributed by atoms with Crippen LogP contribution in [0, 0.1) is 11.3 Å². The Bertz CT molecular complexity index is 869. The topological polar surface area (TPSA) is 67.8 Å². The predicted octanol–water partition coefficient (Wildman–Crippen LogP) is 4.35. The fourth-order valence-corrected chi connectivity index (χ4v) is 3.50. The number of aliphatic hydroxyl groups excluding tert-OH is 1. The number of ether oxygens (including phenoxy) is 2. The van der Waals surface area contributed by atoms with Crippen molar-refractivity contribution in [1.82, 2.24) is 5.32 Å². The molecule has 5 heteroatoms. The van der Waals surface area contributed by atoms with Crippen molar-refractivity contribution in [2.24, 2.45) is 11.3 Å². The monoisotopic (exact) mass is 423 g/mol. The highest BCUT2D eigenvalue weighted by atomic mass is 16.7. The van der Waals surface area contributed by atoms with Crippen molar-refractivity contribution in [2.45, 2.75) is 53.1 Å². The zero-order valence-electron chi connectivity index (χ0n) is 18.6. The van der Waals surface area contributed by atoms with Gasteiger partial charge in [-0.1, -0.05) is 75.4 Å². The van der Waals surface area contributed by atoms with E-state index in [0.29, 0.717) is 25.3 Å². The van der Waals surface area contributed by atoms with E-state index in [0.717, 1.165) is 17.5 Å². The van der Waals surface area contributed by atoms with Crippen LogP contribution in [-0.2, 0) is 33.9 Å². The van der Waals surface area contributed by atoms with E-state index in [1.54, 1.807) is 0 Å². The first-order chi connectivity index (χ1) is 14.8. The van der Waals surface area contributed by atoms with Gasteiger partial charge in [-0.25, -0.2) is 0 Å². The number of carbonyl (C=O) groups is 1. The first-order valence-corrected chi connectivity index (χ1v) is 10.9. The maximum atomic E-state index is 12.8. The van der Waals surface area contributed by atoms with Crippen LogP contribution in [0.4, 0.5) is 0 Å². The zero-order valence-corrected chi connectivity index (χ0v) is 18.6. The molecule has 0 aliphatic carbocycles. The predicted molar refractivity (Wildman–Crippen MR) is 121 cm³/mol. The minimum atomic E-state index is -0.485. The normalized spacial score (nSPS) is 18.8. The second-order valence-electron chi connectivity index (χ2n) is 9.06. The molecule has 0 saturated heterocycles. The fourth-order valence-electron chi connectivity index (χ4n) is 3.50. The van der Waals surface area contributed by atoms with Crippen molar-refractivity contribution in [3.05, 3.63) is 83.1 Å². The summed E-state index contributed by atoms with van der Waals surface area (Å²) >= 11 is 0. The molecular formula is C26H33NO4. The molecule has 2 aromatic rings. The molecule has 3 rings (SSSR count). The molecule has 2 aromatic carbocycles. The lowest BCUT2D eigenvalue weighted by atomic mass is 9.77. The van der Waals surface area contributed by atoms with E-state index < -0.39 is 6.29 Å². The van der Waals surface area contributed by atoms with Crippen LogP contribution in [0.15, 0.2) is 66.4 Å². The summed E-state index contributed by atoms with van der Waals surface area (Å²) in [5, 5.41) is 12.1. The van der Waals surface area contributed by atoms with Gasteiger partial charge in [0, 0.05) is 13.0 Å². The van der Waals surface area contributed by atoms with Crippen LogP contribution in [0.5, 0.6) is 0 Å². The molecule has 5 nitrogen and oxygen atoms in total. The van der Waals surface area contributed by atoms with E-state index >= 15 is 0 Å². The lowest BCUT2D eigenvalue weighted by molar-refractivity contribution is -0.157. The molecule has 0 radical (unpaired) electrons. The minimum Gasteiger partial charge on any atom is -0.459 e. The van der Waals surface area contributed by atoms with E-state index in [1.165, 1.54) is 5.56 Å². The van der Waals surface area contributed by atoms with E-state index in [2.05, 4.69) is 38.2 Å². The van der Waals surface area contributed by atoms with Gasteiger partial charge < -0.3 is 19.9 Å². The quantitative estimate of drug-likeness (QED) is 0.663. The largest absolute Gasteiger partial charge is 0.459 e. The van der Waals surface area contributed by atoms with Crippen molar-refractivity contribution < 1.29 is 19.4 Å². The van der Waals surface area contributed by atoms with Crippen LogP contribution >= 0.6 is 0 Å². The smallest absolute Gasteiger partial charge is 0.286 e. The molecule has 0 fully saturated rings. The molecule has 31 heavy (non-hydrogen) atoms. The average Bonchev–Trinajstić information content (AvgIpc) is 2.78. The van der Waals surface area contributed by atoms with Gasteiger partial charge in [0.25, 0.3) is 5.91 Å². The van der Waals surface area contributed by atoms with E-state index in [-0.39, 0.29) is 23.8 Å². The standard InChI is InChI=1S/C26H33NO4/c1-26(2,3)22-15-23(25(29)27-14-13-19-7-5-4-6-8-19)31-24(16-22)30-18-21-11-9-20(17-28)10-12-21/h4-12,15,22,24,28H,13-14,16-18H2,1-3H3,(H,27,29)/t22-,24+/m0/s1. The van der Waals surface area contributed by atoms with Crippen LogP contribution in [0.25, 0.3) is 0 Å². The number of hydrogen-bond acceptors (Lipinski definition) is 4. The van der Waals surface area contributed by atoms with Gasteiger partial charge in [0.2, 0.25) is 6.29 Å². The van der Waals surface area contributed by atoms with Gasteiger partial charge in [-0.15, -0.1) is 0 Å². The maximum absolute atomic E-state index is 12.8. The molecule has 2 N–H and O–H groups in total. The fraction of sp³-hybridized carbons (Fsp3) is 0.423. The van der Waals surface area contributed by atoms with Gasteiger partial charge in [-0.05, 0) is 40.5 Å². The highest BCUT2D eigenvalue weighted by Gasteiger charge is 2.34. The number of aliphatic hydroxyl groups is 1. The average molecular weight is 424 g/mol. The van der Waals surface area contributed by atoms with Gasteiger partial charge >= 0.3 is 0 Å². The Balaban J connectivity index is 1.59. The molecule has 1 aliphatic heterocycles. The number of hydrogen-bond donors (Lipinski definition) is 2. The molecule has 0 saturated carbocycles. The molecular weight excluding hydrogens is 390 g/mol. The first kappa shape index (κ1) is 23.0. The number of benzene rings is 2. The third-order valence-corrected chi connectivity index (χ3v) is 5.58. The van der Waals surface area contributed by atoms with Crippen molar-refractivity contribution in [2.75, 3.05) is 6.54 Å². The van der Waals surface area contributed by atoms with Crippen LogP contribution in [-0.4, -0.2) is 23.8 Å². The number of amides is 1. The number of carbonyl (C=O) groups excluding carboxylic acids is 1. The summed E-state index contributed by atoms with van der Waals surface area (Å²) in [7, 11) is 0. The number of allylic oxidation sites excluding steroid dienone is 1.